The largest absolute Gasteiger partial charge is 0.356 e. The van der Waals surface area contributed by atoms with E-state index >= 15 is 0 Å². The van der Waals surface area contributed by atoms with E-state index in [1.165, 1.54) is 4.88 Å². The molecule has 2 N–H and O–H groups in total. The summed E-state index contributed by atoms with van der Waals surface area (Å²) < 4.78 is 26.0. The van der Waals surface area contributed by atoms with Crippen LogP contribution in [0.15, 0.2) is 22.5 Å². The van der Waals surface area contributed by atoms with Gasteiger partial charge in [0.1, 0.15) is 0 Å². The molecule has 0 radical (unpaired) electrons. The summed E-state index contributed by atoms with van der Waals surface area (Å²) in [6.45, 7) is 8.29. The minimum Gasteiger partial charge on any atom is -0.356 e. The molecule has 0 unspecified atom stereocenters. The van der Waals surface area contributed by atoms with Crippen LogP contribution in [-0.4, -0.2) is 57.2 Å². The molecule has 1 aliphatic rings. The lowest BCUT2D eigenvalue weighted by Crippen LogP contribution is -2.51. The first kappa shape index (κ1) is 24.6. The number of guanidine groups is 1. The monoisotopic (exact) mass is 528 g/mol. The fraction of sp³-hybridized carbons (Fsp3) is 0.722. The lowest BCUT2D eigenvalue weighted by atomic mass is 9.91. The molecule has 2 rings (SSSR count). The van der Waals surface area contributed by atoms with Gasteiger partial charge in [0.2, 0.25) is 10.0 Å². The molecule has 0 spiro atoms. The van der Waals surface area contributed by atoms with Crippen LogP contribution in [0.3, 0.4) is 0 Å². The molecule has 27 heavy (non-hydrogen) atoms. The van der Waals surface area contributed by atoms with Gasteiger partial charge >= 0.3 is 0 Å². The summed E-state index contributed by atoms with van der Waals surface area (Å²) in [5.74, 6) is 1.02. The molecule has 1 aromatic heterocycles. The van der Waals surface area contributed by atoms with Crippen molar-refractivity contribution >= 4 is 51.3 Å². The SMILES string of the molecule is CCCS(=O)(=O)N1CCC(NC(=NC)NCC(C)(C)c2cccs2)CC1.I. The number of aliphatic imine (C=N–C) groups is 1. The van der Waals surface area contributed by atoms with E-state index in [0.29, 0.717) is 19.5 Å². The Kier molecular flexibility index (Phi) is 10.0. The third-order valence-electron chi connectivity index (χ3n) is 4.76. The first-order valence-electron chi connectivity index (χ1n) is 9.27. The van der Waals surface area contributed by atoms with Crippen LogP contribution >= 0.6 is 35.3 Å². The van der Waals surface area contributed by atoms with E-state index in [2.05, 4.69) is 47.0 Å². The minimum absolute atomic E-state index is 0. The van der Waals surface area contributed by atoms with Gasteiger partial charge in [0, 0.05) is 43.0 Å². The summed E-state index contributed by atoms with van der Waals surface area (Å²) in [7, 11) is -1.31. The van der Waals surface area contributed by atoms with Crippen molar-refractivity contribution in [1.29, 1.82) is 0 Å². The van der Waals surface area contributed by atoms with Gasteiger partial charge in [0.15, 0.2) is 5.96 Å². The Labute approximate surface area is 185 Å². The highest BCUT2D eigenvalue weighted by molar-refractivity contribution is 14.0. The van der Waals surface area contributed by atoms with Gasteiger partial charge in [-0.1, -0.05) is 26.8 Å². The molecule has 0 aromatic carbocycles. The Morgan fingerprint density at radius 1 is 1.37 bits per heavy atom. The van der Waals surface area contributed by atoms with E-state index < -0.39 is 10.0 Å². The average Bonchev–Trinajstić information content (AvgIpc) is 3.14. The number of halogens is 1. The molecule has 0 bridgehead atoms. The summed E-state index contributed by atoms with van der Waals surface area (Å²) in [4.78, 5) is 5.67. The zero-order chi connectivity index (χ0) is 19.2. The van der Waals surface area contributed by atoms with E-state index in [9.17, 15) is 8.42 Å². The number of rotatable bonds is 7. The first-order valence-corrected chi connectivity index (χ1v) is 11.8. The second-order valence-corrected chi connectivity index (χ2v) is 10.5. The maximum absolute atomic E-state index is 12.2. The summed E-state index contributed by atoms with van der Waals surface area (Å²) in [5.41, 5.74) is 0.0311. The molecule has 0 amide bonds. The van der Waals surface area contributed by atoms with Crippen LogP contribution in [0.5, 0.6) is 0 Å². The quantitative estimate of drug-likeness (QED) is 0.324. The zero-order valence-corrected chi connectivity index (χ0v) is 20.7. The van der Waals surface area contributed by atoms with Crippen molar-refractivity contribution < 1.29 is 8.42 Å². The maximum Gasteiger partial charge on any atom is 0.214 e. The normalized spacial score (nSPS) is 17.4. The predicted molar refractivity (Wildman–Crippen MR) is 126 cm³/mol. The molecule has 1 saturated heterocycles. The van der Waals surface area contributed by atoms with Crippen LogP contribution in [0, 0.1) is 0 Å². The van der Waals surface area contributed by atoms with Gasteiger partial charge in [-0.2, -0.15) is 0 Å². The van der Waals surface area contributed by atoms with Crippen LogP contribution in [0.1, 0.15) is 44.9 Å². The topological polar surface area (TPSA) is 73.8 Å². The zero-order valence-electron chi connectivity index (χ0n) is 16.7. The van der Waals surface area contributed by atoms with Crippen molar-refractivity contribution in [1.82, 2.24) is 14.9 Å². The number of nitrogens with one attached hydrogen (secondary N) is 2. The Bertz CT molecular complexity index is 682. The Morgan fingerprint density at radius 3 is 2.56 bits per heavy atom. The number of hydrogen-bond donors (Lipinski definition) is 2. The average molecular weight is 529 g/mol. The van der Waals surface area contributed by atoms with Gasteiger partial charge in [-0.3, -0.25) is 4.99 Å². The van der Waals surface area contributed by atoms with Crippen molar-refractivity contribution in [2.45, 2.75) is 51.5 Å². The lowest BCUT2D eigenvalue weighted by Gasteiger charge is -2.33. The Balaban J connectivity index is 0.00000364. The number of thiophene rings is 1. The van der Waals surface area contributed by atoms with Crippen LogP contribution < -0.4 is 10.6 Å². The molecule has 2 heterocycles. The molecule has 1 aromatic rings. The Morgan fingerprint density at radius 2 is 2.04 bits per heavy atom. The van der Waals surface area contributed by atoms with Gasteiger partial charge in [-0.05, 0) is 30.7 Å². The highest BCUT2D eigenvalue weighted by Gasteiger charge is 2.28. The fourth-order valence-electron chi connectivity index (χ4n) is 3.11. The molecule has 6 nitrogen and oxygen atoms in total. The van der Waals surface area contributed by atoms with Gasteiger partial charge in [-0.15, -0.1) is 35.3 Å². The summed E-state index contributed by atoms with van der Waals surface area (Å²) >= 11 is 1.77. The first-order chi connectivity index (χ1) is 12.3. The Hall–Kier alpha value is -0.390. The van der Waals surface area contributed by atoms with Crippen molar-refractivity contribution in [2.75, 3.05) is 32.4 Å². The number of hydrogen-bond acceptors (Lipinski definition) is 4. The van der Waals surface area contributed by atoms with Crippen LogP contribution in [-0.2, 0) is 15.4 Å². The molecule has 1 fully saturated rings. The third-order valence-corrected chi connectivity index (χ3v) is 8.07. The van der Waals surface area contributed by atoms with E-state index in [4.69, 9.17) is 0 Å². The number of piperidine rings is 1. The van der Waals surface area contributed by atoms with Crippen LogP contribution in [0.4, 0.5) is 0 Å². The number of nitrogens with zero attached hydrogens (tertiary/aromatic N) is 2. The van der Waals surface area contributed by atoms with E-state index in [-0.39, 0.29) is 41.2 Å². The molecular formula is C18H33IN4O2S2. The van der Waals surface area contributed by atoms with E-state index in [0.717, 1.165) is 25.3 Å². The van der Waals surface area contributed by atoms with Gasteiger partial charge in [0.25, 0.3) is 0 Å². The second kappa shape index (κ2) is 11.0. The smallest absolute Gasteiger partial charge is 0.214 e. The lowest BCUT2D eigenvalue weighted by molar-refractivity contribution is 0.305. The van der Waals surface area contributed by atoms with Gasteiger partial charge in [-0.25, -0.2) is 12.7 Å². The molecule has 156 valence electrons. The minimum atomic E-state index is -3.08. The second-order valence-electron chi connectivity index (χ2n) is 7.42. The standard InChI is InChI=1S/C18H32N4O2S2.HI/c1-5-13-26(23,24)22-10-8-15(9-11-22)21-17(19-4)20-14-18(2,3)16-7-6-12-25-16;/h6-7,12,15H,5,8-11,13-14H2,1-4H3,(H2,19,20,21);1H. The maximum atomic E-state index is 12.2. The molecular weight excluding hydrogens is 495 g/mol. The van der Waals surface area contributed by atoms with Gasteiger partial charge in [0.05, 0.1) is 5.75 Å². The molecule has 0 saturated carbocycles. The summed E-state index contributed by atoms with van der Waals surface area (Å²) in [5, 5.41) is 8.97. The molecule has 0 atom stereocenters. The molecule has 1 aliphatic heterocycles. The van der Waals surface area contributed by atoms with Crippen LogP contribution in [0.2, 0.25) is 0 Å². The summed E-state index contributed by atoms with van der Waals surface area (Å²) in [6.07, 6.45) is 2.27. The van der Waals surface area contributed by atoms with E-state index in [1.54, 1.807) is 22.7 Å². The number of sulfonamides is 1. The van der Waals surface area contributed by atoms with E-state index in [1.807, 2.05) is 6.92 Å². The van der Waals surface area contributed by atoms with Crippen molar-refractivity contribution in [3.8, 4) is 0 Å². The van der Waals surface area contributed by atoms with Crippen LogP contribution in [0.25, 0.3) is 0 Å². The summed E-state index contributed by atoms with van der Waals surface area (Å²) in [6, 6.07) is 4.49. The van der Waals surface area contributed by atoms with Crippen molar-refractivity contribution in [2.24, 2.45) is 4.99 Å². The molecule has 9 heteroatoms. The van der Waals surface area contributed by atoms with Gasteiger partial charge < -0.3 is 10.6 Å². The molecule has 0 aliphatic carbocycles. The van der Waals surface area contributed by atoms with Crippen molar-refractivity contribution in [3.63, 3.8) is 0 Å². The highest BCUT2D eigenvalue weighted by Crippen LogP contribution is 2.26. The highest BCUT2D eigenvalue weighted by atomic mass is 127. The van der Waals surface area contributed by atoms with Crippen molar-refractivity contribution in [3.05, 3.63) is 22.4 Å². The predicted octanol–water partition coefficient (Wildman–Crippen LogP) is 3.01. The fourth-order valence-corrected chi connectivity index (χ4v) is 5.50. The third kappa shape index (κ3) is 7.17.